The van der Waals surface area contributed by atoms with Crippen molar-refractivity contribution in [3.05, 3.63) is 35.4 Å². The largest absolute Gasteiger partial charge is 0.373 e. The lowest BCUT2D eigenvalue weighted by Crippen LogP contribution is -2.38. The van der Waals surface area contributed by atoms with Crippen LogP contribution < -0.4 is 0 Å². The van der Waals surface area contributed by atoms with Crippen LogP contribution in [0.1, 0.15) is 37.8 Å². The lowest BCUT2D eigenvalue weighted by Gasteiger charge is -2.38. The summed E-state index contributed by atoms with van der Waals surface area (Å²) < 4.78 is 7.35. The van der Waals surface area contributed by atoms with Crippen LogP contribution in [0.4, 0.5) is 0 Å². The molecule has 17 heavy (non-hydrogen) atoms. The number of rotatable bonds is 1. The molecular weight excluding hydrogens is 323 g/mol. The Hall–Kier alpha value is -0.0900. The summed E-state index contributed by atoms with van der Waals surface area (Å²) in [5, 5.41) is 0. The zero-order valence-corrected chi connectivity index (χ0v) is 12.7. The van der Waals surface area contributed by atoms with E-state index in [-0.39, 0.29) is 5.41 Å². The van der Waals surface area contributed by atoms with Crippen LogP contribution in [0.5, 0.6) is 0 Å². The first kappa shape index (κ1) is 12.0. The molecule has 0 N–H and O–H groups in total. The molecule has 1 heterocycles. The average Bonchev–Trinajstić information content (AvgIpc) is 2.62. The zero-order chi connectivity index (χ0) is 12.1. The van der Waals surface area contributed by atoms with Crippen LogP contribution >= 0.6 is 22.6 Å². The number of halogens is 1. The first-order valence-corrected chi connectivity index (χ1v) is 7.86. The van der Waals surface area contributed by atoms with Crippen LogP contribution in [0, 0.1) is 5.41 Å². The second-order valence-corrected chi connectivity index (χ2v) is 6.96. The van der Waals surface area contributed by atoms with E-state index in [0.717, 1.165) is 6.61 Å². The highest BCUT2D eigenvalue weighted by Gasteiger charge is 2.53. The Morgan fingerprint density at radius 2 is 2.12 bits per heavy atom. The number of fused-ring (bicyclic) bond motifs is 3. The van der Waals surface area contributed by atoms with Gasteiger partial charge in [-0.05, 0) is 29.4 Å². The van der Waals surface area contributed by atoms with E-state index in [1.807, 2.05) is 0 Å². The van der Waals surface area contributed by atoms with Crippen LogP contribution in [-0.2, 0) is 16.8 Å². The van der Waals surface area contributed by atoms with E-state index < -0.39 is 0 Å². The van der Waals surface area contributed by atoms with Crippen molar-refractivity contribution < 1.29 is 4.74 Å². The molecule has 0 bridgehead atoms. The Morgan fingerprint density at radius 3 is 2.88 bits per heavy atom. The summed E-state index contributed by atoms with van der Waals surface area (Å²) in [5.41, 5.74) is 3.60. The van der Waals surface area contributed by atoms with Crippen molar-refractivity contribution in [1.29, 1.82) is 0 Å². The third-order valence-electron chi connectivity index (χ3n) is 4.58. The molecule has 1 aliphatic carbocycles. The van der Waals surface area contributed by atoms with E-state index in [4.69, 9.17) is 4.74 Å². The van der Waals surface area contributed by atoms with Crippen LogP contribution in [0.15, 0.2) is 24.3 Å². The minimum absolute atomic E-state index is 0.231. The normalized spacial score (nSPS) is 39.8. The topological polar surface area (TPSA) is 9.23 Å². The highest BCUT2D eigenvalue weighted by molar-refractivity contribution is 14.1. The van der Waals surface area contributed by atoms with Gasteiger partial charge in [0, 0.05) is 9.84 Å². The molecule has 0 spiro atoms. The molecule has 1 saturated carbocycles. The second-order valence-electron chi connectivity index (χ2n) is 6.20. The van der Waals surface area contributed by atoms with Gasteiger partial charge in [-0.2, -0.15) is 0 Å². The fourth-order valence-corrected chi connectivity index (χ4v) is 4.33. The summed E-state index contributed by atoms with van der Waals surface area (Å²) in [6.45, 7) is 5.61. The van der Waals surface area contributed by atoms with Crippen molar-refractivity contribution in [1.82, 2.24) is 0 Å². The third kappa shape index (κ3) is 1.75. The lowest BCUT2D eigenvalue weighted by atomic mass is 9.74. The summed E-state index contributed by atoms with van der Waals surface area (Å²) >= 11 is 2.53. The molecule has 0 amide bonds. The number of alkyl halides is 1. The quantitative estimate of drug-likeness (QED) is 0.552. The maximum atomic E-state index is 6.13. The molecule has 0 saturated heterocycles. The first-order chi connectivity index (χ1) is 8.07. The van der Waals surface area contributed by atoms with Gasteiger partial charge in [0.05, 0.1) is 12.7 Å². The Balaban J connectivity index is 2.06. The van der Waals surface area contributed by atoms with E-state index >= 15 is 0 Å². The van der Waals surface area contributed by atoms with Crippen LogP contribution in [0.25, 0.3) is 0 Å². The molecule has 1 aliphatic heterocycles. The number of hydrogen-bond donors (Lipinski definition) is 0. The number of benzene rings is 1. The van der Waals surface area contributed by atoms with E-state index in [9.17, 15) is 0 Å². The van der Waals surface area contributed by atoms with E-state index in [1.54, 1.807) is 0 Å². The van der Waals surface area contributed by atoms with Gasteiger partial charge in [0.25, 0.3) is 0 Å². The van der Waals surface area contributed by atoms with Gasteiger partial charge in [-0.15, -0.1) is 0 Å². The molecule has 0 unspecified atom stereocenters. The van der Waals surface area contributed by atoms with Gasteiger partial charge in [-0.25, -0.2) is 0 Å². The number of ether oxygens (including phenoxy) is 1. The average molecular weight is 342 g/mol. The van der Waals surface area contributed by atoms with Gasteiger partial charge in [0.1, 0.15) is 0 Å². The van der Waals surface area contributed by atoms with E-state index in [0.29, 0.717) is 11.5 Å². The molecule has 1 fully saturated rings. The minimum Gasteiger partial charge on any atom is -0.373 e. The number of hydrogen-bond acceptors (Lipinski definition) is 1. The molecule has 3 atom stereocenters. The van der Waals surface area contributed by atoms with Crippen molar-refractivity contribution in [2.45, 2.75) is 44.8 Å². The Morgan fingerprint density at radius 1 is 1.35 bits per heavy atom. The maximum Gasteiger partial charge on any atom is 0.0723 e. The molecular formula is C15H19IO. The summed E-state index contributed by atoms with van der Waals surface area (Å²) in [4.78, 5) is 0. The van der Waals surface area contributed by atoms with Gasteiger partial charge < -0.3 is 4.74 Å². The molecule has 0 radical (unpaired) electrons. The second kappa shape index (κ2) is 3.95. The summed E-state index contributed by atoms with van der Waals surface area (Å²) in [6.07, 6.45) is 2.88. The van der Waals surface area contributed by atoms with Gasteiger partial charge in [-0.1, -0.05) is 60.7 Å². The van der Waals surface area contributed by atoms with Gasteiger partial charge in [0.15, 0.2) is 0 Å². The first-order valence-electron chi connectivity index (χ1n) is 6.33. The SMILES string of the molecule is C[C@]1(CI)C[C@@H]2OCc3ccccc3[C@]2(C)C1. The zero-order valence-electron chi connectivity index (χ0n) is 10.5. The molecule has 3 rings (SSSR count). The molecule has 2 aliphatic rings. The van der Waals surface area contributed by atoms with Crippen molar-refractivity contribution in [2.24, 2.45) is 5.41 Å². The van der Waals surface area contributed by atoms with E-state index in [2.05, 4.69) is 60.7 Å². The smallest absolute Gasteiger partial charge is 0.0723 e. The minimum atomic E-state index is 0.231. The molecule has 92 valence electrons. The third-order valence-corrected chi connectivity index (χ3v) is 6.42. The molecule has 1 aromatic carbocycles. The van der Waals surface area contributed by atoms with Gasteiger partial charge in [-0.3, -0.25) is 0 Å². The summed E-state index contributed by atoms with van der Waals surface area (Å²) in [5.74, 6) is 0. The fraction of sp³-hybridized carbons (Fsp3) is 0.600. The Labute approximate surface area is 117 Å². The Kier molecular flexibility index (Phi) is 2.78. The van der Waals surface area contributed by atoms with E-state index in [1.165, 1.54) is 28.4 Å². The predicted octanol–water partition coefficient (Wildman–Crippen LogP) is 4.08. The molecule has 0 aromatic heterocycles. The summed E-state index contributed by atoms with van der Waals surface area (Å²) in [6, 6.07) is 8.82. The highest BCUT2D eigenvalue weighted by atomic mass is 127. The van der Waals surface area contributed by atoms with Gasteiger partial charge in [0.2, 0.25) is 0 Å². The standard InChI is InChI=1S/C15H19IO/c1-14(10-16)7-13-15(2,9-14)12-6-4-3-5-11(12)8-17-13/h3-6,13H,7-10H2,1-2H3/t13-,14-,15-/m0/s1. The lowest BCUT2D eigenvalue weighted by molar-refractivity contribution is -0.0112. The van der Waals surface area contributed by atoms with Crippen molar-refractivity contribution in [2.75, 3.05) is 4.43 Å². The van der Waals surface area contributed by atoms with Crippen molar-refractivity contribution in [3.8, 4) is 0 Å². The van der Waals surface area contributed by atoms with Gasteiger partial charge >= 0.3 is 0 Å². The summed E-state index contributed by atoms with van der Waals surface area (Å²) in [7, 11) is 0. The molecule has 1 nitrogen and oxygen atoms in total. The fourth-order valence-electron chi connectivity index (χ4n) is 3.75. The van der Waals surface area contributed by atoms with Crippen LogP contribution in [0.2, 0.25) is 0 Å². The monoisotopic (exact) mass is 342 g/mol. The predicted molar refractivity (Wildman–Crippen MR) is 78.6 cm³/mol. The van der Waals surface area contributed by atoms with Crippen LogP contribution in [0.3, 0.4) is 0 Å². The van der Waals surface area contributed by atoms with Crippen molar-refractivity contribution >= 4 is 22.6 Å². The molecule has 1 aromatic rings. The Bertz CT molecular complexity index is 444. The van der Waals surface area contributed by atoms with Crippen molar-refractivity contribution in [3.63, 3.8) is 0 Å². The highest BCUT2D eigenvalue weighted by Crippen LogP contribution is 2.55. The maximum absolute atomic E-state index is 6.13. The van der Waals surface area contributed by atoms with Crippen LogP contribution in [-0.4, -0.2) is 10.5 Å². The molecule has 2 heteroatoms.